The number of hydrogen-bond donors (Lipinski definition) is 1. The van der Waals surface area contributed by atoms with E-state index in [-0.39, 0.29) is 6.04 Å². The summed E-state index contributed by atoms with van der Waals surface area (Å²) in [5, 5.41) is 3.19. The zero-order chi connectivity index (χ0) is 9.97. The maximum Gasteiger partial charge on any atom is 0.220 e. The van der Waals surface area contributed by atoms with E-state index in [9.17, 15) is 8.78 Å². The minimum absolute atomic E-state index is 0.00292. The number of piperidine rings is 1. The van der Waals surface area contributed by atoms with E-state index in [2.05, 4.69) is 10.3 Å². The molecule has 1 fully saturated rings. The van der Waals surface area contributed by atoms with Gasteiger partial charge >= 0.3 is 0 Å². The van der Waals surface area contributed by atoms with E-state index in [4.69, 9.17) is 0 Å². The van der Waals surface area contributed by atoms with E-state index in [1.54, 1.807) is 0 Å². The number of pyridine rings is 1. The normalized spacial score (nSPS) is 22.3. The fraction of sp³-hybridized carbons (Fsp3) is 0.500. The molecular formula is C10H12F2N2. The van der Waals surface area contributed by atoms with Gasteiger partial charge in [0, 0.05) is 11.6 Å². The maximum absolute atomic E-state index is 13.2. The van der Waals surface area contributed by atoms with Crippen LogP contribution in [0.5, 0.6) is 0 Å². The van der Waals surface area contributed by atoms with Crippen molar-refractivity contribution in [2.75, 3.05) is 6.54 Å². The maximum atomic E-state index is 13.2. The van der Waals surface area contributed by atoms with E-state index in [1.807, 2.05) is 0 Å². The molecular weight excluding hydrogens is 186 g/mol. The first-order valence-electron chi connectivity index (χ1n) is 4.83. The summed E-state index contributed by atoms with van der Waals surface area (Å²) in [4.78, 5) is 3.18. The van der Waals surface area contributed by atoms with Crippen molar-refractivity contribution < 1.29 is 8.78 Å². The van der Waals surface area contributed by atoms with Crippen molar-refractivity contribution in [1.29, 1.82) is 0 Å². The van der Waals surface area contributed by atoms with E-state index < -0.39 is 11.9 Å². The number of halogens is 2. The fourth-order valence-electron chi connectivity index (χ4n) is 1.80. The van der Waals surface area contributed by atoms with Gasteiger partial charge in [-0.25, -0.2) is 0 Å². The molecule has 1 N–H and O–H groups in total. The predicted octanol–water partition coefficient (Wildman–Crippen LogP) is 2.17. The molecule has 1 aliphatic heterocycles. The lowest BCUT2D eigenvalue weighted by Gasteiger charge is -2.23. The smallest absolute Gasteiger partial charge is 0.220 e. The molecule has 1 aliphatic rings. The van der Waals surface area contributed by atoms with Crippen molar-refractivity contribution in [1.82, 2.24) is 10.3 Å². The van der Waals surface area contributed by atoms with Gasteiger partial charge in [-0.1, -0.05) is 6.42 Å². The van der Waals surface area contributed by atoms with Crippen molar-refractivity contribution in [2.45, 2.75) is 25.3 Å². The molecule has 1 aromatic heterocycles. The van der Waals surface area contributed by atoms with Crippen LogP contribution in [0, 0.1) is 11.9 Å². The molecule has 0 spiro atoms. The van der Waals surface area contributed by atoms with Gasteiger partial charge < -0.3 is 5.32 Å². The molecule has 0 aliphatic carbocycles. The number of rotatable bonds is 1. The number of hydrogen-bond acceptors (Lipinski definition) is 2. The third kappa shape index (κ3) is 1.90. The molecule has 0 bridgehead atoms. The van der Waals surface area contributed by atoms with Crippen LogP contribution >= 0.6 is 0 Å². The van der Waals surface area contributed by atoms with Gasteiger partial charge in [0.2, 0.25) is 11.9 Å². The number of nitrogens with zero attached hydrogens (tertiary/aromatic N) is 1. The molecule has 0 unspecified atom stereocenters. The minimum atomic E-state index is -0.762. The van der Waals surface area contributed by atoms with Crippen LogP contribution in [-0.2, 0) is 0 Å². The SMILES string of the molecule is Fc1ccc([C@H]2CCCCN2)c(F)n1. The summed E-state index contributed by atoms with van der Waals surface area (Å²) >= 11 is 0. The average Bonchev–Trinajstić information content (AvgIpc) is 2.19. The molecule has 2 rings (SSSR count). The quantitative estimate of drug-likeness (QED) is 0.699. The van der Waals surface area contributed by atoms with Crippen LogP contribution in [-0.4, -0.2) is 11.5 Å². The summed E-state index contributed by atoms with van der Waals surface area (Å²) in [6, 6.07) is 2.67. The number of aromatic nitrogens is 1. The molecule has 14 heavy (non-hydrogen) atoms. The lowest BCUT2D eigenvalue weighted by Crippen LogP contribution is -2.27. The summed E-state index contributed by atoms with van der Waals surface area (Å²) in [5.74, 6) is -1.45. The largest absolute Gasteiger partial charge is 0.310 e. The first-order valence-corrected chi connectivity index (χ1v) is 4.83. The van der Waals surface area contributed by atoms with Crippen LogP contribution in [0.1, 0.15) is 30.9 Å². The van der Waals surface area contributed by atoms with Crippen LogP contribution in [0.4, 0.5) is 8.78 Å². The molecule has 0 amide bonds. The first kappa shape index (κ1) is 9.52. The second-order valence-corrected chi connectivity index (χ2v) is 3.52. The Morgan fingerprint density at radius 2 is 2.14 bits per heavy atom. The highest BCUT2D eigenvalue weighted by Crippen LogP contribution is 2.24. The van der Waals surface area contributed by atoms with Gasteiger partial charge in [0.25, 0.3) is 0 Å². The van der Waals surface area contributed by atoms with E-state index >= 15 is 0 Å². The van der Waals surface area contributed by atoms with Gasteiger partial charge in [0.1, 0.15) is 0 Å². The van der Waals surface area contributed by atoms with Crippen molar-refractivity contribution >= 4 is 0 Å². The highest BCUT2D eigenvalue weighted by molar-refractivity contribution is 5.16. The Hall–Kier alpha value is -1.03. The Labute approximate surface area is 81.4 Å². The van der Waals surface area contributed by atoms with Crippen molar-refractivity contribution in [2.24, 2.45) is 0 Å². The highest BCUT2D eigenvalue weighted by Gasteiger charge is 2.18. The molecule has 0 aromatic carbocycles. The molecule has 0 saturated carbocycles. The third-order valence-corrected chi connectivity index (χ3v) is 2.53. The summed E-state index contributed by atoms with van der Waals surface area (Å²) in [5.41, 5.74) is 0.478. The van der Waals surface area contributed by atoms with Gasteiger partial charge in [-0.2, -0.15) is 13.8 Å². The van der Waals surface area contributed by atoms with Gasteiger partial charge in [0.05, 0.1) is 0 Å². The Morgan fingerprint density at radius 3 is 2.79 bits per heavy atom. The van der Waals surface area contributed by atoms with Crippen molar-refractivity contribution in [3.05, 3.63) is 29.6 Å². The molecule has 1 saturated heterocycles. The van der Waals surface area contributed by atoms with Gasteiger partial charge in [-0.15, -0.1) is 0 Å². The second-order valence-electron chi connectivity index (χ2n) is 3.52. The highest BCUT2D eigenvalue weighted by atomic mass is 19.1. The summed E-state index contributed by atoms with van der Waals surface area (Å²) in [6.07, 6.45) is 3.09. The molecule has 1 aromatic rings. The molecule has 2 nitrogen and oxygen atoms in total. The van der Waals surface area contributed by atoms with Crippen LogP contribution < -0.4 is 5.32 Å². The van der Waals surface area contributed by atoms with Crippen molar-refractivity contribution in [3.63, 3.8) is 0 Å². The monoisotopic (exact) mass is 198 g/mol. The zero-order valence-corrected chi connectivity index (χ0v) is 7.76. The number of nitrogens with one attached hydrogen (secondary N) is 1. The molecule has 2 heterocycles. The Kier molecular flexibility index (Phi) is 2.72. The molecule has 1 atom stereocenters. The van der Waals surface area contributed by atoms with Gasteiger partial charge in [-0.3, -0.25) is 0 Å². The fourth-order valence-corrected chi connectivity index (χ4v) is 1.80. The van der Waals surface area contributed by atoms with E-state index in [0.717, 1.165) is 25.8 Å². The summed E-state index contributed by atoms with van der Waals surface area (Å²) in [6.45, 7) is 0.890. The lowest BCUT2D eigenvalue weighted by atomic mass is 9.99. The van der Waals surface area contributed by atoms with Crippen LogP contribution in [0.3, 0.4) is 0 Å². The van der Waals surface area contributed by atoms with Crippen LogP contribution in [0.25, 0.3) is 0 Å². The van der Waals surface area contributed by atoms with Crippen LogP contribution in [0.15, 0.2) is 12.1 Å². The Balaban J connectivity index is 2.22. The Morgan fingerprint density at radius 1 is 1.29 bits per heavy atom. The summed E-state index contributed by atoms with van der Waals surface area (Å²) < 4.78 is 25.8. The lowest BCUT2D eigenvalue weighted by molar-refractivity contribution is 0.390. The van der Waals surface area contributed by atoms with Crippen molar-refractivity contribution in [3.8, 4) is 0 Å². The molecule has 0 radical (unpaired) electrons. The second kappa shape index (κ2) is 4.00. The van der Waals surface area contributed by atoms with Gasteiger partial charge in [0.15, 0.2) is 0 Å². The third-order valence-electron chi connectivity index (χ3n) is 2.53. The topological polar surface area (TPSA) is 24.9 Å². The van der Waals surface area contributed by atoms with E-state index in [1.165, 1.54) is 12.1 Å². The van der Waals surface area contributed by atoms with E-state index in [0.29, 0.717) is 5.56 Å². The summed E-state index contributed by atoms with van der Waals surface area (Å²) in [7, 11) is 0. The van der Waals surface area contributed by atoms with Gasteiger partial charge in [-0.05, 0) is 31.5 Å². The minimum Gasteiger partial charge on any atom is -0.310 e. The average molecular weight is 198 g/mol. The Bertz CT molecular complexity index is 322. The molecule has 4 heteroatoms. The zero-order valence-electron chi connectivity index (χ0n) is 7.76. The first-order chi connectivity index (χ1) is 6.77. The van der Waals surface area contributed by atoms with Crippen LogP contribution in [0.2, 0.25) is 0 Å². The predicted molar refractivity (Wildman–Crippen MR) is 48.7 cm³/mol. The molecule has 76 valence electrons. The standard InChI is InChI=1S/C10H12F2N2/c11-9-5-4-7(10(12)14-9)8-3-1-2-6-13-8/h4-5,8,13H,1-3,6H2/t8-/m1/s1.